The number of unbranched alkanes of at least 4 members (excludes halogenated alkanes) is 10. The van der Waals surface area contributed by atoms with Gasteiger partial charge >= 0.3 is 0 Å². The Morgan fingerprint density at radius 2 is 1.41 bits per heavy atom. The highest BCUT2D eigenvalue weighted by Gasteiger charge is 2.21. The highest BCUT2D eigenvalue weighted by atomic mass is 35.5. The molecular formula is C28H49ClN2O. The molecule has 3 nitrogen and oxygen atoms in total. The van der Waals surface area contributed by atoms with Crippen molar-refractivity contribution in [3.05, 3.63) is 35.9 Å². The van der Waals surface area contributed by atoms with Crippen molar-refractivity contribution in [2.45, 2.75) is 122 Å². The van der Waals surface area contributed by atoms with Crippen molar-refractivity contribution in [1.82, 2.24) is 5.32 Å². The maximum atomic E-state index is 10.4. The zero-order valence-corrected chi connectivity index (χ0v) is 21.4. The summed E-state index contributed by atoms with van der Waals surface area (Å²) in [5, 5.41) is 13.8. The number of hydrogen-bond donors (Lipinski definition) is 2. The summed E-state index contributed by atoms with van der Waals surface area (Å²) in [6.45, 7) is 4.43. The quantitative estimate of drug-likeness (QED) is 0.243. The van der Waals surface area contributed by atoms with Gasteiger partial charge in [-0.3, -0.25) is 9.89 Å². The van der Waals surface area contributed by atoms with Crippen LogP contribution >= 0.6 is 0 Å². The molecule has 0 radical (unpaired) electrons. The van der Waals surface area contributed by atoms with Gasteiger partial charge in [-0.15, -0.1) is 0 Å². The van der Waals surface area contributed by atoms with E-state index in [9.17, 15) is 5.11 Å². The van der Waals surface area contributed by atoms with Gasteiger partial charge in [-0.25, -0.2) is 0 Å². The van der Waals surface area contributed by atoms with Crippen LogP contribution in [-0.4, -0.2) is 41.3 Å². The number of nitrogens with zero attached hydrogens (tertiary/aromatic N) is 1. The SMILES string of the molecule is CCCCCCCCCCCCCC(O)CCCC(Cc1ccccc1)[N+]1=CNCC1.[Cl-]. The predicted molar refractivity (Wildman–Crippen MR) is 134 cm³/mol. The Kier molecular flexibility index (Phi) is 17.6. The summed E-state index contributed by atoms with van der Waals surface area (Å²) in [4.78, 5) is 0. The Labute approximate surface area is 204 Å². The van der Waals surface area contributed by atoms with Crippen molar-refractivity contribution in [3.63, 3.8) is 0 Å². The molecule has 0 saturated heterocycles. The number of rotatable bonds is 19. The van der Waals surface area contributed by atoms with Crippen molar-refractivity contribution in [2.75, 3.05) is 13.1 Å². The molecule has 32 heavy (non-hydrogen) atoms. The normalized spacial score (nSPS) is 15.0. The van der Waals surface area contributed by atoms with Crippen LogP contribution < -0.4 is 17.7 Å². The van der Waals surface area contributed by atoms with Gasteiger partial charge < -0.3 is 17.5 Å². The predicted octanol–water partition coefficient (Wildman–Crippen LogP) is 3.48. The summed E-state index contributed by atoms with van der Waals surface area (Å²) >= 11 is 0. The van der Waals surface area contributed by atoms with Crippen LogP contribution in [0.5, 0.6) is 0 Å². The third kappa shape index (κ3) is 13.5. The van der Waals surface area contributed by atoms with E-state index in [1.807, 2.05) is 0 Å². The van der Waals surface area contributed by atoms with Crippen LogP contribution in [0.1, 0.15) is 109 Å². The molecule has 2 unspecified atom stereocenters. The molecule has 2 rings (SSSR count). The number of benzene rings is 1. The molecule has 184 valence electrons. The lowest BCUT2D eigenvalue weighted by atomic mass is 9.98. The number of nitrogens with one attached hydrogen (secondary N) is 1. The van der Waals surface area contributed by atoms with Gasteiger partial charge in [-0.1, -0.05) is 108 Å². The minimum absolute atomic E-state index is 0. The number of halogens is 1. The van der Waals surface area contributed by atoms with Crippen molar-refractivity contribution in [2.24, 2.45) is 0 Å². The van der Waals surface area contributed by atoms with Gasteiger partial charge in [-0.2, -0.15) is 0 Å². The van der Waals surface area contributed by atoms with Gasteiger partial charge in [0.2, 0.25) is 6.34 Å². The number of aliphatic hydroxyl groups excluding tert-OH is 1. The first-order chi connectivity index (χ1) is 15.3. The van der Waals surface area contributed by atoms with Crippen LogP contribution in [0, 0.1) is 0 Å². The lowest BCUT2D eigenvalue weighted by Crippen LogP contribution is -3.00. The molecule has 0 aliphatic carbocycles. The maximum absolute atomic E-state index is 10.4. The van der Waals surface area contributed by atoms with Crippen molar-refractivity contribution >= 4 is 6.34 Å². The third-order valence-corrected chi connectivity index (χ3v) is 6.77. The zero-order chi connectivity index (χ0) is 22.0. The van der Waals surface area contributed by atoms with Crippen LogP contribution in [0.2, 0.25) is 0 Å². The Balaban J connectivity index is 0.00000512. The highest BCUT2D eigenvalue weighted by molar-refractivity contribution is 5.49. The first-order valence-electron chi connectivity index (χ1n) is 13.3. The van der Waals surface area contributed by atoms with Crippen molar-refractivity contribution in [1.29, 1.82) is 0 Å². The molecule has 0 aromatic heterocycles. The van der Waals surface area contributed by atoms with E-state index in [2.05, 4.69) is 53.5 Å². The molecule has 2 N–H and O–H groups in total. The van der Waals surface area contributed by atoms with Crippen molar-refractivity contribution < 1.29 is 22.1 Å². The van der Waals surface area contributed by atoms with Gasteiger partial charge in [0.15, 0.2) is 0 Å². The van der Waals surface area contributed by atoms with Crippen molar-refractivity contribution in [3.8, 4) is 0 Å². The van der Waals surface area contributed by atoms with E-state index in [1.165, 1.54) is 76.2 Å². The molecule has 0 bridgehead atoms. The second kappa shape index (κ2) is 19.4. The van der Waals surface area contributed by atoms with Crippen LogP contribution in [0.25, 0.3) is 0 Å². The number of hydrogen-bond acceptors (Lipinski definition) is 2. The van der Waals surface area contributed by atoms with E-state index in [-0.39, 0.29) is 18.5 Å². The molecule has 2 atom stereocenters. The summed E-state index contributed by atoms with van der Waals surface area (Å²) in [5.41, 5.74) is 1.41. The van der Waals surface area contributed by atoms with Crippen LogP contribution in [0.15, 0.2) is 30.3 Å². The largest absolute Gasteiger partial charge is 1.00 e. The fourth-order valence-electron chi connectivity index (χ4n) is 4.78. The smallest absolute Gasteiger partial charge is 0.232 e. The molecule has 1 heterocycles. The Hall–Kier alpha value is -1.06. The van der Waals surface area contributed by atoms with E-state index in [0.29, 0.717) is 6.04 Å². The minimum Gasteiger partial charge on any atom is -1.00 e. The molecule has 1 aliphatic heterocycles. The van der Waals surface area contributed by atoms with Crippen LogP contribution in [-0.2, 0) is 6.42 Å². The molecule has 1 aromatic carbocycles. The van der Waals surface area contributed by atoms with Crippen LogP contribution in [0.3, 0.4) is 0 Å². The standard InChI is InChI=1S/C28H48N2O.ClH/c1-2-3-4-5-6-7-8-9-10-11-15-20-28(31)21-16-19-27(30-23-22-29-25-30)24-26-17-13-12-14-18-26;/h12-14,17-18,25,27-28,31H,2-11,15-16,19-24H2,1H3;1H. The highest BCUT2D eigenvalue weighted by Crippen LogP contribution is 2.17. The molecular weight excluding hydrogens is 416 g/mol. The molecule has 0 amide bonds. The van der Waals surface area contributed by atoms with Gasteiger partial charge in [0, 0.05) is 6.42 Å². The maximum Gasteiger partial charge on any atom is 0.232 e. The monoisotopic (exact) mass is 464 g/mol. The lowest BCUT2D eigenvalue weighted by molar-refractivity contribution is -0.554. The van der Waals surface area contributed by atoms with E-state index < -0.39 is 0 Å². The average molecular weight is 465 g/mol. The van der Waals surface area contributed by atoms with Gasteiger partial charge in [-0.05, 0) is 31.2 Å². The number of aliphatic hydroxyl groups is 1. The Morgan fingerprint density at radius 3 is 2.00 bits per heavy atom. The fraction of sp³-hybridized carbons (Fsp3) is 0.750. The van der Waals surface area contributed by atoms with E-state index in [4.69, 9.17) is 0 Å². The average Bonchev–Trinajstić information content (AvgIpc) is 3.32. The summed E-state index contributed by atoms with van der Waals surface area (Å²) in [5.74, 6) is 0. The topological polar surface area (TPSA) is 35.3 Å². The minimum atomic E-state index is -0.114. The van der Waals surface area contributed by atoms with Crippen LogP contribution in [0.4, 0.5) is 0 Å². The van der Waals surface area contributed by atoms with Gasteiger partial charge in [0.05, 0.1) is 12.1 Å². The molecule has 0 spiro atoms. The fourth-order valence-corrected chi connectivity index (χ4v) is 4.78. The Morgan fingerprint density at radius 1 is 0.812 bits per heavy atom. The Bertz CT molecular complexity index is 578. The first-order valence-corrected chi connectivity index (χ1v) is 13.3. The zero-order valence-electron chi connectivity index (χ0n) is 20.6. The summed E-state index contributed by atoms with van der Waals surface area (Å²) < 4.78 is 2.46. The first kappa shape index (κ1) is 29.0. The lowest BCUT2D eigenvalue weighted by Gasteiger charge is -2.18. The van der Waals surface area contributed by atoms with E-state index >= 15 is 0 Å². The van der Waals surface area contributed by atoms with E-state index in [1.54, 1.807) is 0 Å². The van der Waals surface area contributed by atoms with Gasteiger partial charge in [0.25, 0.3) is 0 Å². The molecule has 4 heteroatoms. The summed E-state index contributed by atoms with van der Waals surface area (Å²) in [6, 6.07) is 11.4. The van der Waals surface area contributed by atoms with Gasteiger partial charge in [0.1, 0.15) is 13.1 Å². The summed E-state index contributed by atoms with van der Waals surface area (Å²) in [7, 11) is 0. The molecule has 1 aliphatic rings. The van der Waals surface area contributed by atoms with E-state index in [0.717, 1.165) is 45.2 Å². The second-order valence-electron chi connectivity index (χ2n) is 9.57. The molecule has 0 saturated carbocycles. The summed E-state index contributed by atoms with van der Waals surface area (Å²) in [6.07, 6.45) is 22.4. The third-order valence-electron chi connectivity index (χ3n) is 6.77. The second-order valence-corrected chi connectivity index (χ2v) is 9.57. The molecule has 1 aromatic rings. The molecule has 0 fully saturated rings.